The summed E-state index contributed by atoms with van der Waals surface area (Å²) in [7, 11) is 1.47. The van der Waals surface area contributed by atoms with Crippen LogP contribution in [0.5, 0.6) is 0 Å². The number of phosphoric acid groups is 1. The Morgan fingerprint density at radius 3 is 1.33 bits per heavy atom. The lowest BCUT2D eigenvalue weighted by Gasteiger charge is -2.23. The smallest absolute Gasteiger partial charge is 0.307 e. The first-order valence-electron chi connectivity index (χ1n) is 20.4. The number of hydrogen-bond acceptors (Lipinski definition) is 6. The van der Waals surface area contributed by atoms with Crippen LogP contribution in [-0.2, 0) is 23.2 Å². The molecule has 49 heavy (non-hydrogen) atoms. The maximum Gasteiger partial charge on any atom is 0.502 e. The van der Waals surface area contributed by atoms with Crippen molar-refractivity contribution >= 4 is 7.82 Å². The van der Waals surface area contributed by atoms with Crippen molar-refractivity contribution in [2.24, 2.45) is 0 Å². The molecule has 0 N–H and O–H groups in total. The zero-order valence-corrected chi connectivity index (χ0v) is 33.8. The van der Waals surface area contributed by atoms with E-state index in [9.17, 15) is 4.57 Å². The number of hydrogen-bond donors (Lipinski definition) is 0. The molecule has 0 aromatic rings. The number of rotatable bonds is 38. The molecule has 0 rings (SSSR count). The predicted octanol–water partition coefficient (Wildman–Crippen LogP) is 14.0. The average Bonchev–Trinajstić information content (AvgIpc) is 3.07. The molecule has 0 radical (unpaired) electrons. The lowest BCUT2D eigenvalue weighted by Crippen LogP contribution is -2.19. The van der Waals surface area contributed by atoms with E-state index >= 15 is 0 Å². The van der Waals surface area contributed by atoms with Gasteiger partial charge in [-0.2, -0.15) is 0 Å². The van der Waals surface area contributed by atoms with E-state index in [2.05, 4.69) is 62.5 Å². The van der Waals surface area contributed by atoms with Crippen LogP contribution in [0.25, 0.3) is 0 Å². The molecule has 0 fully saturated rings. The van der Waals surface area contributed by atoms with Crippen molar-refractivity contribution in [1.29, 1.82) is 0 Å². The molecule has 0 aromatic carbocycles. The van der Waals surface area contributed by atoms with Gasteiger partial charge in [-0.1, -0.05) is 152 Å². The fourth-order valence-electron chi connectivity index (χ4n) is 5.65. The van der Waals surface area contributed by atoms with Crippen molar-refractivity contribution in [2.75, 3.05) is 34.4 Å². The van der Waals surface area contributed by atoms with E-state index in [-0.39, 0.29) is 12.7 Å². The van der Waals surface area contributed by atoms with Gasteiger partial charge in [-0.05, 0) is 91.1 Å². The lowest BCUT2D eigenvalue weighted by atomic mass is 10.0. The van der Waals surface area contributed by atoms with Gasteiger partial charge in [-0.25, -0.2) is 9.45 Å². The largest absolute Gasteiger partial charge is 0.502 e. The highest BCUT2D eigenvalue weighted by Gasteiger charge is 2.32. The van der Waals surface area contributed by atoms with E-state index < -0.39 is 7.82 Å². The number of phosphoric ester groups is 1. The number of allylic oxidation sites excluding steroid dienone is 8. The summed E-state index contributed by atoms with van der Waals surface area (Å²) in [5.41, 5.74) is 0. The third-order valence-electron chi connectivity index (χ3n) is 8.69. The van der Waals surface area contributed by atoms with Gasteiger partial charge in [0.2, 0.25) is 0 Å². The molecule has 1 atom stereocenters. The molecule has 0 saturated heterocycles. The van der Waals surface area contributed by atoms with E-state index in [1.54, 1.807) is 0 Å². The molecule has 288 valence electrons. The highest BCUT2D eigenvalue weighted by Crippen LogP contribution is 2.51. The van der Waals surface area contributed by atoms with E-state index in [1.165, 1.54) is 136 Å². The number of unbranched alkanes of at least 4 members (excludes halogenated alkanes) is 18. The molecule has 0 aliphatic rings. The molecule has 0 aromatic heterocycles. The summed E-state index contributed by atoms with van der Waals surface area (Å²) in [5, 5.41) is 0. The molecule has 7 heteroatoms. The molecule has 0 saturated carbocycles. The third-order valence-corrected chi connectivity index (χ3v) is 10.1. The maximum absolute atomic E-state index is 13.3. The monoisotopic (exact) mass is 710 g/mol. The Morgan fingerprint density at radius 2 is 0.939 bits per heavy atom. The number of nitrogens with zero attached hydrogens (tertiary/aromatic N) is 1. The van der Waals surface area contributed by atoms with Gasteiger partial charge in [0, 0.05) is 6.54 Å². The van der Waals surface area contributed by atoms with Crippen LogP contribution in [0.1, 0.15) is 181 Å². The van der Waals surface area contributed by atoms with Crippen LogP contribution in [0.4, 0.5) is 0 Å². The van der Waals surface area contributed by atoms with Gasteiger partial charge in [-0.3, -0.25) is 9.05 Å². The minimum atomic E-state index is -3.78. The summed E-state index contributed by atoms with van der Waals surface area (Å²) in [4.78, 5) is 6.77. The van der Waals surface area contributed by atoms with Gasteiger partial charge < -0.3 is 4.90 Å². The molecule has 0 spiro atoms. The number of likely N-dealkylation sites (N-methyl/N-ethyl adjacent to an activating group) is 1. The van der Waals surface area contributed by atoms with Gasteiger partial charge in [-0.15, -0.1) is 4.67 Å². The minimum absolute atomic E-state index is 0.156. The topological polar surface area (TPSA) is 57.2 Å². The fraction of sp³-hybridized carbons (Fsp3) is 0.810. The van der Waals surface area contributed by atoms with E-state index in [1.807, 2.05) is 19.0 Å². The summed E-state index contributed by atoms with van der Waals surface area (Å²) in [6.07, 6.45) is 49.5. The standard InChI is InChI=1S/C42H80NO5P/c1-6-8-10-12-14-16-18-20-22-24-26-28-30-32-34-36-38-42(47-49(44,48-45-5)46-41-40-43(3)4)39-37-35-33-31-29-27-25-23-21-19-17-15-13-11-9-7-2/h14-17,20-23,42H,6-13,18-19,24-41H2,1-5H3/b16-14-,17-15-,22-20-,23-21-. The van der Waals surface area contributed by atoms with Gasteiger partial charge >= 0.3 is 7.82 Å². The second kappa shape index (κ2) is 38.2. The van der Waals surface area contributed by atoms with Gasteiger partial charge in [0.25, 0.3) is 0 Å². The second-order valence-electron chi connectivity index (χ2n) is 13.8. The van der Waals surface area contributed by atoms with Crippen LogP contribution in [0.3, 0.4) is 0 Å². The third kappa shape index (κ3) is 36.6. The van der Waals surface area contributed by atoms with Crippen molar-refractivity contribution in [1.82, 2.24) is 4.90 Å². The lowest BCUT2D eigenvalue weighted by molar-refractivity contribution is -0.204. The van der Waals surface area contributed by atoms with E-state index in [4.69, 9.17) is 18.6 Å². The molecular formula is C42H80NO5P. The first-order valence-corrected chi connectivity index (χ1v) is 21.8. The van der Waals surface area contributed by atoms with Crippen molar-refractivity contribution in [3.05, 3.63) is 48.6 Å². The molecule has 0 amide bonds. The molecule has 0 bridgehead atoms. The summed E-state index contributed by atoms with van der Waals surface area (Å²) in [5.74, 6) is 0. The van der Waals surface area contributed by atoms with Crippen molar-refractivity contribution in [2.45, 2.75) is 187 Å². The van der Waals surface area contributed by atoms with Crippen molar-refractivity contribution in [3.63, 3.8) is 0 Å². The van der Waals surface area contributed by atoms with Gasteiger partial charge in [0.15, 0.2) is 0 Å². The first-order chi connectivity index (χ1) is 24.0. The highest BCUT2D eigenvalue weighted by molar-refractivity contribution is 7.48. The summed E-state index contributed by atoms with van der Waals surface area (Å²) >= 11 is 0. The van der Waals surface area contributed by atoms with Crippen LogP contribution in [-0.4, -0.2) is 45.4 Å². The minimum Gasteiger partial charge on any atom is -0.307 e. The van der Waals surface area contributed by atoms with Crippen LogP contribution in [0.15, 0.2) is 48.6 Å². The Balaban J connectivity index is 4.35. The average molecular weight is 710 g/mol. The Hall–Kier alpha value is -1.01. The highest BCUT2D eigenvalue weighted by atomic mass is 31.2. The predicted molar refractivity (Wildman–Crippen MR) is 213 cm³/mol. The fourth-order valence-corrected chi connectivity index (χ4v) is 6.85. The van der Waals surface area contributed by atoms with Crippen LogP contribution >= 0.6 is 7.82 Å². The first kappa shape index (κ1) is 48.0. The molecular weight excluding hydrogens is 629 g/mol. The quantitative estimate of drug-likeness (QED) is 0.0209. The van der Waals surface area contributed by atoms with Crippen molar-refractivity contribution in [3.8, 4) is 0 Å². The van der Waals surface area contributed by atoms with Crippen LogP contribution in [0.2, 0.25) is 0 Å². The summed E-state index contributed by atoms with van der Waals surface area (Å²) in [6, 6.07) is 0. The van der Waals surface area contributed by atoms with E-state index in [0.29, 0.717) is 6.54 Å². The second-order valence-corrected chi connectivity index (χ2v) is 15.3. The molecule has 6 nitrogen and oxygen atoms in total. The van der Waals surface area contributed by atoms with Gasteiger partial charge in [0.1, 0.15) is 0 Å². The molecule has 1 unspecified atom stereocenters. The molecule has 0 aliphatic carbocycles. The Morgan fingerprint density at radius 1 is 0.551 bits per heavy atom. The van der Waals surface area contributed by atoms with Crippen molar-refractivity contribution < 1.29 is 23.2 Å². The SMILES string of the molecule is CCCCC/C=C\C/C=C\CCCCCCCCC(CCCCCCCC/C=C\C/C=C\CCCCC)OP(=O)(OCCN(C)C)OOC. The maximum atomic E-state index is 13.3. The molecule has 0 heterocycles. The zero-order chi connectivity index (χ0) is 35.9. The van der Waals surface area contributed by atoms with Crippen LogP contribution in [0, 0.1) is 0 Å². The summed E-state index contributed by atoms with van der Waals surface area (Å²) in [6.45, 7) is 5.39. The Bertz CT molecular complexity index is 793. The zero-order valence-electron chi connectivity index (χ0n) is 32.9. The van der Waals surface area contributed by atoms with Gasteiger partial charge in [0.05, 0.1) is 19.8 Å². The normalized spacial score (nSPS) is 13.9. The molecule has 0 aliphatic heterocycles. The Kier molecular flexibility index (Phi) is 37.4. The van der Waals surface area contributed by atoms with E-state index in [0.717, 1.165) is 38.5 Å². The Labute approximate surface area is 305 Å². The summed E-state index contributed by atoms with van der Waals surface area (Å²) < 4.78 is 30.1. The van der Waals surface area contributed by atoms with Crippen LogP contribution < -0.4 is 0 Å².